The van der Waals surface area contributed by atoms with Crippen LogP contribution in [-0.2, 0) is 11.2 Å². The predicted octanol–water partition coefficient (Wildman–Crippen LogP) is 3.02. The number of carbonyl (C=O) groups is 2. The van der Waals surface area contributed by atoms with Crippen LogP contribution in [0.2, 0.25) is 0 Å². The van der Waals surface area contributed by atoms with Crippen LogP contribution in [0.1, 0.15) is 59.5 Å². The molecular weight excluding hydrogens is 330 g/mol. The molecule has 2 amide bonds. The minimum atomic E-state index is -0.445. The van der Waals surface area contributed by atoms with Gasteiger partial charge in [-0.15, -0.1) is 0 Å². The summed E-state index contributed by atoms with van der Waals surface area (Å²) in [6.07, 6.45) is 3.28. The van der Waals surface area contributed by atoms with Crippen LogP contribution in [0.3, 0.4) is 0 Å². The number of fused-ring (bicyclic) bond motifs is 1. The Morgan fingerprint density at radius 1 is 1.31 bits per heavy atom. The molecule has 1 aromatic carbocycles. The Labute approximate surface area is 152 Å². The number of aryl methyl sites for hydroxylation is 1. The van der Waals surface area contributed by atoms with Crippen LogP contribution in [-0.4, -0.2) is 24.9 Å². The van der Waals surface area contributed by atoms with Gasteiger partial charge >= 0.3 is 0 Å². The molecule has 1 fully saturated rings. The number of hydrogen-bond acceptors (Lipinski definition) is 4. The third-order valence-electron chi connectivity index (χ3n) is 5.29. The average Bonchev–Trinajstić information content (AvgIpc) is 3.31. The number of primary amides is 1. The number of carbonyl (C=O) groups excluding carboxylic acids is 2. The minimum Gasteiger partial charge on any atom is -0.465 e. The van der Waals surface area contributed by atoms with Crippen molar-refractivity contribution in [2.45, 2.75) is 38.5 Å². The maximum atomic E-state index is 12.3. The van der Waals surface area contributed by atoms with Crippen molar-refractivity contribution in [2.24, 2.45) is 5.73 Å². The van der Waals surface area contributed by atoms with E-state index in [4.69, 9.17) is 10.2 Å². The fourth-order valence-corrected chi connectivity index (χ4v) is 3.94. The lowest BCUT2D eigenvalue weighted by Gasteiger charge is -2.28. The Morgan fingerprint density at radius 3 is 2.73 bits per heavy atom. The van der Waals surface area contributed by atoms with Crippen molar-refractivity contribution in [3.8, 4) is 0 Å². The van der Waals surface area contributed by atoms with Crippen LogP contribution in [0.5, 0.6) is 0 Å². The first-order valence-electron chi connectivity index (χ1n) is 9.18. The minimum absolute atomic E-state index is 0.0452. The first-order valence-corrected chi connectivity index (χ1v) is 9.18. The van der Waals surface area contributed by atoms with Gasteiger partial charge in [-0.1, -0.05) is 6.92 Å². The number of nitrogens with one attached hydrogen (secondary N) is 1. The molecule has 0 radical (unpaired) electrons. The molecule has 6 nitrogen and oxygen atoms in total. The summed E-state index contributed by atoms with van der Waals surface area (Å²) in [5.41, 5.74) is 8.62. The zero-order chi connectivity index (χ0) is 18.3. The fourth-order valence-electron chi connectivity index (χ4n) is 3.94. The summed E-state index contributed by atoms with van der Waals surface area (Å²) in [5, 5.41) is 2.95. The van der Waals surface area contributed by atoms with E-state index in [0.717, 1.165) is 60.8 Å². The van der Waals surface area contributed by atoms with E-state index in [1.54, 1.807) is 0 Å². The van der Waals surface area contributed by atoms with Crippen molar-refractivity contribution in [1.82, 2.24) is 0 Å². The molecule has 3 heterocycles. The molecule has 2 aromatic rings. The molecule has 136 valence electrons. The largest absolute Gasteiger partial charge is 0.465 e. The molecule has 6 heteroatoms. The van der Waals surface area contributed by atoms with Gasteiger partial charge in [0.1, 0.15) is 11.5 Å². The molecule has 1 atom stereocenters. The first kappa shape index (κ1) is 16.7. The molecule has 3 N–H and O–H groups in total. The molecule has 0 bridgehead atoms. The van der Waals surface area contributed by atoms with Crippen LogP contribution in [0.4, 0.5) is 11.4 Å². The van der Waals surface area contributed by atoms with Gasteiger partial charge in [0.2, 0.25) is 5.91 Å². The summed E-state index contributed by atoms with van der Waals surface area (Å²) in [7, 11) is 0. The Hall–Kier alpha value is -2.76. The second-order valence-electron chi connectivity index (χ2n) is 6.98. The molecule has 0 aliphatic carbocycles. The van der Waals surface area contributed by atoms with Gasteiger partial charge in [-0.25, -0.2) is 0 Å². The molecule has 0 unspecified atom stereocenters. The maximum Gasteiger partial charge on any atom is 0.250 e. The fraction of sp³-hybridized carbons (Fsp3) is 0.400. The van der Waals surface area contributed by atoms with Crippen molar-refractivity contribution in [1.29, 1.82) is 0 Å². The lowest BCUT2D eigenvalue weighted by atomic mass is 9.86. The first-order chi connectivity index (χ1) is 12.6. The highest BCUT2D eigenvalue weighted by Gasteiger charge is 2.31. The van der Waals surface area contributed by atoms with E-state index in [1.807, 2.05) is 31.2 Å². The highest BCUT2D eigenvalue weighted by Crippen LogP contribution is 2.41. The quantitative estimate of drug-likeness (QED) is 0.884. The summed E-state index contributed by atoms with van der Waals surface area (Å²) >= 11 is 0. The van der Waals surface area contributed by atoms with Crippen molar-refractivity contribution >= 4 is 23.2 Å². The van der Waals surface area contributed by atoms with Crippen molar-refractivity contribution in [3.63, 3.8) is 0 Å². The smallest absolute Gasteiger partial charge is 0.250 e. The van der Waals surface area contributed by atoms with Gasteiger partial charge < -0.3 is 20.4 Å². The second kappa shape index (κ2) is 6.52. The summed E-state index contributed by atoms with van der Waals surface area (Å²) < 4.78 is 5.90. The van der Waals surface area contributed by atoms with Crippen LogP contribution >= 0.6 is 0 Å². The summed E-state index contributed by atoms with van der Waals surface area (Å²) in [6.45, 7) is 3.82. The normalized spacial score (nSPS) is 19.3. The molecule has 0 spiro atoms. The zero-order valence-corrected chi connectivity index (χ0v) is 14.9. The highest BCUT2D eigenvalue weighted by atomic mass is 16.3. The molecule has 4 rings (SSSR count). The highest BCUT2D eigenvalue weighted by molar-refractivity contribution is 6.02. The maximum absolute atomic E-state index is 12.3. The molecular formula is C20H23N3O3. The monoisotopic (exact) mass is 353 g/mol. The van der Waals surface area contributed by atoms with E-state index in [0.29, 0.717) is 12.0 Å². The Kier molecular flexibility index (Phi) is 4.18. The number of anilines is 2. The zero-order valence-electron chi connectivity index (χ0n) is 14.9. The van der Waals surface area contributed by atoms with Gasteiger partial charge in [0.05, 0.1) is 17.2 Å². The van der Waals surface area contributed by atoms with E-state index >= 15 is 0 Å². The molecule has 2 aliphatic rings. The Balaban J connectivity index is 1.82. The SMILES string of the molecule is CCc1ccc([C@@H]2CC(=O)Nc3cc(N4CCCC4)c(C(N)=O)cc32)o1. The van der Waals surface area contributed by atoms with Gasteiger partial charge in [-0.3, -0.25) is 9.59 Å². The third kappa shape index (κ3) is 2.85. The number of nitrogens with zero attached hydrogens (tertiary/aromatic N) is 1. The Bertz CT molecular complexity index is 865. The lowest BCUT2D eigenvalue weighted by molar-refractivity contribution is -0.116. The van der Waals surface area contributed by atoms with Gasteiger partial charge in [-0.2, -0.15) is 0 Å². The summed E-state index contributed by atoms with van der Waals surface area (Å²) in [6, 6.07) is 7.59. The van der Waals surface area contributed by atoms with Crippen LogP contribution in [0.15, 0.2) is 28.7 Å². The van der Waals surface area contributed by atoms with Crippen LogP contribution in [0.25, 0.3) is 0 Å². The standard InChI is InChI=1S/C20H23N3O3/c1-2-12-5-6-18(26-12)14-10-19(24)22-16-11-17(23-7-3-4-8-23)15(20(21)25)9-13(14)16/h5-6,9,11,14H,2-4,7-8,10H2,1H3,(H2,21,25)(H,22,24)/t14-/m1/s1. The number of nitrogens with two attached hydrogens (primary N) is 1. The van der Waals surface area contributed by atoms with Crippen molar-refractivity contribution in [3.05, 3.63) is 46.9 Å². The summed E-state index contributed by atoms with van der Waals surface area (Å²) in [4.78, 5) is 26.6. The molecule has 1 aromatic heterocycles. The number of furan rings is 1. The van der Waals surface area contributed by atoms with E-state index in [1.165, 1.54) is 0 Å². The summed E-state index contributed by atoms with van der Waals surface area (Å²) in [5.74, 6) is 0.943. The average molecular weight is 353 g/mol. The van der Waals surface area contributed by atoms with Gasteiger partial charge in [0.15, 0.2) is 0 Å². The van der Waals surface area contributed by atoms with Gasteiger partial charge in [0, 0.05) is 31.6 Å². The van der Waals surface area contributed by atoms with E-state index in [-0.39, 0.29) is 11.8 Å². The second-order valence-corrected chi connectivity index (χ2v) is 6.98. The number of hydrogen-bond donors (Lipinski definition) is 2. The topological polar surface area (TPSA) is 88.6 Å². The van der Waals surface area contributed by atoms with E-state index in [9.17, 15) is 9.59 Å². The van der Waals surface area contributed by atoms with Crippen LogP contribution in [0, 0.1) is 0 Å². The van der Waals surface area contributed by atoms with Gasteiger partial charge in [0.25, 0.3) is 5.91 Å². The van der Waals surface area contributed by atoms with Crippen molar-refractivity contribution < 1.29 is 14.0 Å². The molecule has 0 saturated carbocycles. The molecule has 1 saturated heterocycles. The molecule has 2 aliphatic heterocycles. The Morgan fingerprint density at radius 2 is 2.08 bits per heavy atom. The predicted molar refractivity (Wildman–Crippen MR) is 99.6 cm³/mol. The van der Waals surface area contributed by atoms with Crippen LogP contribution < -0.4 is 16.0 Å². The van der Waals surface area contributed by atoms with E-state index < -0.39 is 5.91 Å². The molecule has 26 heavy (non-hydrogen) atoms. The van der Waals surface area contributed by atoms with Gasteiger partial charge in [-0.05, 0) is 42.7 Å². The van der Waals surface area contributed by atoms with E-state index in [2.05, 4.69) is 10.2 Å². The number of amides is 2. The number of benzene rings is 1. The lowest BCUT2D eigenvalue weighted by Crippen LogP contribution is -2.27. The third-order valence-corrected chi connectivity index (χ3v) is 5.29. The van der Waals surface area contributed by atoms with Crippen molar-refractivity contribution in [2.75, 3.05) is 23.3 Å². The number of rotatable bonds is 4.